The summed E-state index contributed by atoms with van der Waals surface area (Å²) < 4.78 is 16.2. The van der Waals surface area contributed by atoms with Crippen molar-refractivity contribution in [3.63, 3.8) is 0 Å². The van der Waals surface area contributed by atoms with Gasteiger partial charge in [-0.3, -0.25) is 9.59 Å². The molecule has 134 valence electrons. The Hall–Kier alpha value is -3.28. The summed E-state index contributed by atoms with van der Waals surface area (Å²) in [7, 11) is 3.13. The fourth-order valence-electron chi connectivity index (χ4n) is 2.74. The van der Waals surface area contributed by atoms with E-state index in [1.807, 2.05) is 6.92 Å². The fourth-order valence-corrected chi connectivity index (χ4v) is 2.74. The van der Waals surface area contributed by atoms with Crippen molar-refractivity contribution in [1.29, 1.82) is 0 Å². The van der Waals surface area contributed by atoms with Crippen molar-refractivity contribution in [2.24, 2.45) is 0 Å². The van der Waals surface area contributed by atoms with E-state index in [9.17, 15) is 9.59 Å². The van der Waals surface area contributed by atoms with Gasteiger partial charge in [0, 0.05) is 11.6 Å². The third kappa shape index (κ3) is 3.39. The number of fused-ring (bicyclic) bond motifs is 1. The molecule has 3 aromatic rings. The number of benzene rings is 2. The third-order valence-corrected chi connectivity index (χ3v) is 4.11. The number of ether oxygens (including phenoxy) is 2. The van der Waals surface area contributed by atoms with Gasteiger partial charge in [0.2, 0.25) is 0 Å². The number of carbonyl (C=O) groups is 1. The molecule has 0 fully saturated rings. The molecule has 1 N–H and O–H groups in total. The quantitative estimate of drug-likeness (QED) is 0.761. The molecular weight excluding hydrogens is 334 g/mol. The van der Waals surface area contributed by atoms with Crippen molar-refractivity contribution in [3.8, 4) is 11.5 Å². The molecule has 0 saturated heterocycles. The summed E-state index contributed by atoms with van der Waals surface area (Å²) in [6.45, 7) is 1.81. The Morgan fingerprint density at radius 3 is 2.58 bits per heavy atom. The molecule has 0 aliphatic carbocycles. The summed E-state index contributed by atoms with van der Waals surface area (Å²) in [5.74, 6) is 0.755. The van der Waals surface area contributed by atoms with Gasteiger partial charge in [0.1, 0.15) is 17.1 Å². The van der Waals surface area contributed by atoms with E-state index in [4.69, 9.17) is 13.9 Å². The first kappa shape index (κ1) is 17.5. The molecule has 6 nitrogen and oxygen atoms in total. The number of amides is 1. The van der Waals surface area contributed by atoms with Crippen LogP contribution in [0.2, 0.25) is 0 Å². The second kappa shape index (κ2) is 7.31. The zero-order valence-corrected chi connectivity index (χ0v) is 14.7. The first-order chi connectivity index (χ1) is 12.5. The van der Waals surface area contributed by atoms with E-state index in [2.05, 4.69) is 5.32 Å². The maximum Gasteiger partial charge on any atom is 0.287 e. The minimum Gasteiger partial charge on any atom is -0.497 e. The van der Waals surface area contributed by atoms with Crippen LogP contribution in [0.25, 0.3) is 11.0 Å². The Kier molecular flexibility index (Phi) is 4.93. The predicted octanol–water partition coefficient (Wildman–Crippen LogP) is 3.30. The highest BCUT2D eigenvalue weighted by Crippen LogP contribution is 2.29. The van der Waals surface area contributed by atoms with Crippen LogP contribution in [0.1, 0.15) is 29.1 Å². The molecule has 0 aliphatic heterocycles. The van der Waals surface area contributed by atoms with Crippen molar-refractivity contribution < 1.29 is 18.7 Å². The highest BCUT2D eigenvalue weighted by atomic mass is 16.5. The molecule has 1 atom stereocenters. The lowest BCUT2D eigenvalue weighted by Crippen LogP contribution is -2.27. The molecule has 1 amide bonds. The largest absolute Gasteiger partial charge is 0.497 e. The van der Waals surface area contributed by atoms with Crippen molar-refractivity contribution in [2.45, 2.75) is 13.0 Å². The van der Waals surface area contributed by atoms with Crippen LogP contribution < -0.4 is 20.2 Å². The van der Waals surface area contributed by atoms with Crippen LogP contribution >= 0.6 is 0 Å². The van der Waals surface area contributed by atoms with Crippen molar-refractivity contribution in [1.82, 2.24) is 5.32 Å². The number of rotatable bonds is 5. The van der Waals surface area contributed by atoms with E-state index in [-0.39, 0.29) is 17.2 Å². The van der Waals surface area contributed by atoms with Gasteiger partial charge >= 0.3 is 0 Å². The van der Waals surface area contributed by atoms with Crippen molar-refractivity contribution in [2.75, 3.05) is 14.2 Å². The normalized spacial score (nSPS) is 11.8. The van der Waals surface area contributed by atoms with E-state index in [0.717, 1.165) is 5.56 Å². The van der Waals surface area contributed by atoms with Gasteiger partial charge in [0.05, 0.1) is 25.6 Å². The van der Waals surface area contributed by atoms with E-state index in [1.54, 1.807) is 56.7 Å². The lowest BCUT2D eigenvalue weighted by Gasteiger charge is -2.18. The van der Waals surface area contributed by atoms with E-state index < -0.39 is 5.91 Å². The molecule has 3 rings (SSSR count). The van der Waals surface area contributed by atoms with Crippen LogP contribution in [-0.4, -0.2) is 20.1 Å². The Bertz CT molecular complexity index is 1010. The summed E-state index contributed by atoms with van der Waals surface area (Å²) in [5.41, 5.74) is 0.865. The lowest BCUT2D eigenvalue weighted by atomic mass is 10.1. The second-order valence-electron chi connectivity index (χ2n) is 5.77. The maximum absolute atomic E-state index is 12.6. The Labute approximate surface area is 150 Å². The molecule has 26 heavy (non-hydrogen) atoms. The minimum atomic E-state index is -0.481. The van der Waals surface area contributed by atoms with Gasteiger partial charge in [-0.15, -0.1) is 0 Å². The molecule has 2 aromatic carbocycles. The molecule has 0 aliphatic rings. The summed E-state index contributed by atoms with van der Waals surface area (Å²) in [6, 6.07) is 13.0. The van der Waals surface area contributed by atoms with Gasteiger partial charge in [-0.1, -0.05) is 12.1 Å². The van der Waals surface area contributed by atoms with Gasteiger partial charge < -0.3 is 19.2 Å². The summed E-state index contributed by atoms with van der Waals surface area (Å²) in [6.07, 6.45) is 0. The molecular formula is C20H19NO5. The summed E-state index contributed by atoms with van der Waals surface area (Å²) in [4.78, 5) is 24.7. The minimum absolute atomic E-state index is 0.0394. The Morgan fingerprint density at radius 2 is 1.85 bits per heavy atom. The second-order valence-corrected chi connectivity index (χ2v) is 5.77. The monoisotopic (exact) mass is 353 g/mol. The highest BCUT2D eigenvalue weighted by molar-refractivity contribution is 5.93. The number of hydrogen-bond acceptors (Lipinski definition) is 5. The number of methoxy groups -OCH3 is 2. The number of para-hydroxylation sites is 1. The van der Waals surface area contributed by atoms with Gasteiger partial charge in [-0.25, -0.2) is 0 Å². The van der Waals surface area contributed by atoms with Crippen LogP contribution in [0.15, 0.2) is 57.7 Å². The average Bonchev–Trinajstić information content (AvgIpc) is 2.67. The number of hydrogen-bond donors (Lipinski definition) is 1. The van der Waals surface area contributed by atoms with E-state index >= 15 is 0 Å². The van der Waals surface area contributed by atoms with Crippen LogP contribution in [0.5, 0.6) is 11.5 Å². The first-order valence-electron chi connectivity index (χ1n) is 8.09. The zero-order valence-electron chi connectivity index (χ0n) is 14.7. The Balaban J connectivity index is 1.89. The SMILES string of the molecule is COc1ccc(OC)c(C(C)NC(=O)c2cc(=O)c3ccccc3o2)c1. The van der Waals surface area contributed by atoms with Crippen molar-refractivity contribution >= 4 is 16.9 Å². The topological polar surface area (TPSA) is 77.8 Å². The number of nitrogens with one attached hydrogen (secondary N) is 1. The third-order valence-electron chi connectivity index (χ3n) is 4.11. The maximum atomic E-state index is 12.6. The van der Waals surface area contributed by atoms with E-state index in [1.165, 1.54) is 6.07 Å². The molecule has 1 aromatic heterocycles. The molecule has 1 unspecified atom stereocenters. The Morgan fingerprint density at radius 1 is 1.08 bits per heavy atom. The average molecular weight is 353 g/mol. The molecule has 0 spiro atoms. The van der Waals surface area contributed by atoms with E-state index in [0.29, 0.717) is 22.5 Å². The van der Waals surface area contributed by atoms with Gasteiger partial charge in [0.25, 0.3) is 5.91 Å². The summed E-state index contributed by atoms with van der Waals surface area (Å²) >= 11 is 0. The fraction of sp³-hybridized carbons (Fsp3) is 0.200. The molecule has 0 radical (unpaired) electrons. The van der Waals surface area contributed by atoms with Crippen molar-refractivity contribution in [3.05, 3.63) is 70.1 Å². The molecule has 0 saturated carbocycles. The molecule has 6 heteroatoms. The standard InChI is InChI=1S/C20H19NO5/c1-12(15-10-13(24-2)8-9-17(15)25-3)21-20(23)19-11-16(22)14-6-4-5-7-18(14)26-19/h4-12H,1-3H3,(H,21,23). The predicted molar refractivity (Wildman–Crippen MR) is 97.9 cm³/mol. The summed E-state index contributed by atoms with van der Waals surface area (Å²) in [5, 5.41) is 3.26. The number of carbonyl (C=O) groups excluding carboxylic acids is 1. The molecule has 1 heterocycles. The van der Waals surface area contributed by atoms with Gasteiger partial charge in [-0.2, -0.15) is 0 Å². The van der Waals surface area contributed by atoms with Crippen LogP contribution in [0, 0.1) is 0 Å². The first-order valence-corrected chi connectivity index (χ1v) is 8.09. The highest BCUT2D eigenvalue weighted by Gasteiger charge is 2.18. The van der Waals surface area contributed by atoms with Crippen LogP contribution in [0.3, 0.4) is 0 Å². The van der Waals surface area contributed by atoms with Gasteiger partial charge in [0.15, 0.2) is 11.2 Å². The van der Waals surface area contributed by atoms with Crippen LogP contribution in [-0.2, 0) is 0 Å². The lowest BCUT2D eigenvalue weighted by molar-refractivity contribution is 0.0912. The van der Waals surface area contributed by atoms with Crippen LogP contribution in [0.4, 0.5) is 0 Å². The molecule has 0 bridgehead atoms. The zero-order chi connectivity index (χ0) is 18.7. The van der Waals surface area contributed by atoms with Gasteiger partial charge in [-0.05, 0) is 37.3 Å². The smallest absolute Gasteiger partial charge is 0.287 e.